The van der Waals surface area contributed by atoms with Gasteiger partial charge in [-0.25, -0.2) is 0 Å². The van der Waals surface area contributed by atoms with Crippen molar-refractivity contribution in [1.29, 1.82) is 0 Å². The molecule has 0 aromatic heterocycles. The Hall–Kier alpha value is -4.48. The summed E-state index contributed by atoms with van der Waals surface area (Å²) in [6.07, 6.45) is 6.60. The van der Waals surface area contributed by atoms with Crippen LogP contribution in [0.4, 0.5) is 0 Å². The first-order chi connectivity index (χ1) is 25.3. The maximum atomic E-state index is 14.9. The van der Waals surface area contributed by atoms with Gasteiger partial charge in [0.1, 0.15) is 18.5 Å². The molecule has 2 aliphatic rings. The molecule has 0 radical (unpaired) electrons. The third-order valence-corrected chi connectivity index (χ3v) is 9.72. The summed E-state index contributed by atoms with van der Waals surface area (Å²) in [6.45, 7) is 10.6. The van der Waals surface area contributed by atoms with E-state index in [1.807, 2.05) is 47.4 Å². The van der Waals surface area contributed by atoms with Crippen LogP contribution in [0.5, 0.6) is 5.75 Å². The molecule has 2 heterocycles. The highest BCUT2D eigenvalue weighted by Gasteiger charge is 2.39. The fourth-order valence-electron chi connectivity index (χ4n) is 6.94. The number of carbonyl (C=O) groups excluding carboxylic acids is 4. The van der Waals surface area contributed by atoms with E-state index in [0.29, 0.717) is 37.5 Å². The molecule has 0 unspecified atom stereocenters. The lowest BCUT2D eigenvalue weighted by Gasteiger charge is -2.39. The molecule has 4 rings (SSSR count). The standard InChI is InChI=1S/C41H55N3O8/c1-4-13-33(27-37(46)42-21-9-10-22-42)40(48)44(29-31-17-19-35(20-18-31)51-26-25-45)36(30-50-3)39(32-15-7-6-8-16-32)52-41(49)34(14-5-2)28-38(47)43-23-11-12-24-43/h4-8,15-20,33-34,36,39,45H,1-2,9-14,21-30H2,3H3/t33-,34+,36+,39+/m1/s1. The van der Waals surface area contributed by atoms with Crippen molar-refractivity contribution in [2.24, 2.45) is 11.8 Å². The van der Waals surface area contributed by atoms with Gasteiger partial charge in [0, 0.05) is 52.7 Å². The number of aliphatic hydroxyl groups excluding tert-OH is 1. The van der Waals surface area contributed by atoms with Crippen molar-refractivity contribution in [2.75, 3.05) is 53.1 Å². The lowest BCUT2D eigenvalue weighted by Crippen LogP contribution is -2.50. The van der Waals surface area contributed by atoms with Gasteiger partial charge in [0.2, 0.25) is 17.7 Å². The fraction of sp³-hybridized carbons (Fsp3) is 0.512. The second kappa shape index (κ2) is 21.1. The third kappa shape index (κ3) is 11.5. The molecule has 2 saturated heterocycles. The van der Waals surface area contributed by atoms with E-state index in [4.69, 9.17) is 14.2 Å². The molecule has 2 aromatic carbocycles. The zero-order chi connectivity index (χ0) is 37.3. The molecule has 282 valence electrons. The van der Waals surface area contributed by atoms with Gasteiger partial charge < -0.3 is 34.0 Å². The minimum absolute atomic E-state index is 0.00528. The summed E-state index contributed by atoms with van der Waals surface area (Å²) in [7, 11) is 1.53. The van der Waals surface area contributed by atoms with Gasteiger partial charge >= 0.3 is 5.97 Å². The van der Waals surface area contributed by atoms with Crippen molar-refractivity contribution >= 4 is 23.7 Å². The number of likely N-dealkylation sites (tertiary alicyclic amines) is 2. The predicted octanol–water partition coefficient (Wildman–Crippen LogP) is 5.10. The zero-order valence-electron chi connectivity index (χ0n) is 30.5. The molecule has 2 aromatic rings. The SMILES string of the molecule is C=CC[C@@H](CC(=O)N1CCCC1)C(=O)O[C@@H](c1ccccc1)[C@H](COC)N(Cc1ccc(OCCO)cc1)C(=O)[C@H](CC=C)CC(=O)N1CCCC1. The van der Waals surface area contributed by atoms with Gasteiger partial charge in [-0.1, -0.05) is 54.6 Å². The van der Waals surface area contributed by atoms with Crippen LogP contribution >= 0.6 is 0 Å². The minimum atomic E-state index is -0.974. The molecule has 0 bridgehead atoms. The Morgan fingerprint density at radius 1 is 0.827 bits per heavy atom. The second-order valence-corrected chi connectivity index (χ2v) is 13.5. The summed E-state index contributed by atoms with van der Waals surface area (Å²) < 4.78 is 17.7. The van der Waals surface area contributed by atoms with Gasteiger partial charge in [0.05, 0.1) is 31.1 Å². The smallest absolute Gasteiger partial charge is 0.310 e. The number of methoxy groups -OCH3 is 1. The van der Waals surface area contributed by atoms with Crippen molar-refractivity contribution < 1.29 is 38.5 Å². The normalized spacial score (nSPS) is 16.4. The van der Waals surface area contributed by atoms with E-state index in [-0.39, 0.29) is 69.8 Å². The highest BCUT2D eigenvalue weighted by atomic mass is 16.5. The van der Waals surface area contributed by atoms with Crippen molar-refractivity contribution in [2.45, 2.75) is 70.1 Å². The average Bonchev–Trinajstić information content (AvgIpc) is 3.91. The van der Waals surface area contributed by atoms with E-state index in [9.17, 15) is 24.3 Å². The van der Waals surface area contributed by atoms with Gasteiger partial charge in [-0.15, -0.1) is 13.2 Å². The molecule has 0 aliphatic carbocycles. The molecule has 4 atom stereocenters. The second-order valence-electron chi connectivity index (χ2n) is 13.5. The highest BCUT2D eigenvalue weighted by Crippen LogP contribution is 2.32. The maximum Gasteiger partial charge on any atom is 0.310 e. The number of ether oxygens (including phenoxy) is 3. The van der Waals surface area contributed by atoms with E-state index in [0.717, 1.165) is 31.2 Å². The van der Waals surface area contributed by atoms with Crippen molar-refractivity contribution in [3.05, 3.63) is 91.0 Å². The maximum absolute atomic E-state index is 14.9. The Morgan fingerprint density at radius 2 is 1.38 bits per heavy atom. The molecule has 52 heavy (non-hydrogen) atoms. The Balaban J connectivity index is 1.72. The van der Waals surface area contributed by atoms with Crippen LogP contribution < -0.4 is 4.74 Å². The van der Waals surface area contributed by atoms with Crippen molar-refractivity contribution in [3.63, 3.8) is 0 Å². The Kier molecular flexibility index (Phi) is 16.4. The number of benzene rings is 2. The summed E-state index contributed by atoms with van der Waals surface area (Å²) in [5.74, 6) is -1.93. The van der Waals surface area contributed by atoms with Crippen LogP contribution in [0.3, 0.4) is 0 Å². The molecule has 0 spiro atoms. The largest absolute Gasteiger partial charge is 0.491 e. The number of aliphatic hydroxyl groups is 1. The lowest BCUT2D eigenvalue weighted by atomic mass is 9.94. The number of amides is 3. The molecule has 11 heteroatoms. The van der Waals surface area contributed by atoms with E-state index in [1.54, 1.807) is 34.1 Å². The first-order valence-corrected chi connectivity index (χ1v) is 18.4. The first kappa shape index (κ1) is 40.3. The topological polar surface area (TPSA) is 126 Å². The molecule has 2 fully saturated rings. The Morgan fingerprint density at radius 3 is 1.92 bits per heavy atom. The minimum Gasteiger partial charge on any atom is -0.491 e. The first-order valence-electron chi connectivity index (χ1n) is 18.4. The van der Waals surface area contributed by atoms with E-state index in [2.05, 4.69) is 13.2 Å². The van der Waals surface area contributed by atoms with Crippen LogP contribution in [0, 0.1) is 11.8 Å². The Labute approximate surface area is 308 Å². The van der Waals surface area contributed by atoms with Gasteiger partial charge in [-0.05, 0) is 61.8 Å². The van der Waals surface area contributed by atoms with Crippen LogP contribution in [0.15, 0.2) is 79.9 Å². The van der Waals surface area contributed by atoms with Gasteiger partial charge in [-0.3, -0.25) is 19.2 Å². The highest BCUT2D eigenvalue weighted by molar-refractivity contribution is 5.87. The molecule has 1 N–H and O–H groups in total. The summed E-state index contributed by atoms with van der Waals surface area (Å²) >= 11 is 0. The zero-order valence-corrected chi connectivity index (χ0v) is 30.5. The van der Waals surface area contributed by atoms with E-state index >= 15 is 0 Å². The van der Waals surface area contributed by atoms with E-state index in [1.165, 1.54) is 7.11 Å². The quantitative estimate of drug-likeness (QED) is 0.140. The number of esters is 1. The van der Waals surface area contributed by atoms with Crippen LogP contribution in [0.25, 0.3) is 0 Å². The summed E-state index contributed by atoms with van der Waals surface area (Å²) in [4.78, 5) is 60.8. The number of rotatable bonds is 21. The number of carbonyl (C=O) groups is 4. The summed E-state index contributed by atoms with van der Waals surface area (Å²) in [6, 6.07) is 15.6. The third-order valence-electron chi connectivity index (χ3n) is 9.72. The van der Waals surface area contributed by atoms with Crippen molar-refractivity contribution in [3.8, 4) is 5.75 Å². The van der Waals surface area contributed by atoms with Gasteiger partial charge in [0.15, 0.2) is 0 Å². The van der Waals surface area contributed by atoms with Crippen LogP contribution in [0.2, 0.25) is 0 Å². The Bertz CT molecular complexity index is 1450. The average molecular weight is 718 g/mol. The van der Waals surface area contributed by atoms with Crippen LogP contribution in [-0.2, 0) is 35.2 Å². The molecular weight excluding hydrogens is 662 g/mol. The number of allylic oxidation sites excluding steroid dienone is 2. The molecule has 11 nitrogen and oxygen atoms in total. The van der Waals surface area contributed by atoms with Crippen LogP contribution in [-0.4, -0.2) is 103 Å². The fourth-order valence-corrected chi connectivity index (χ4v) is 6.94. The molecular formula is C41H55N3O8. The number of hydrogen-bond acceptors (Lipinski definition) is 8. The molecule has 0 saturated carbocycles. The number of hydrogen-bond donors (Lipinski definition) is 1. The summed E-state index contributed by atoms with van der Waals surface area (Å²) in [5.41, 5.74) is 1.42. The van der Waals surface area contributed by atoms with E-state index < -0.39 is 30.0 Å². The van der Waals surface area contributed by atoms with Gasteiger partial charge in [0.25, 0.3) is 0 Å². The van der Waals surface area contributed by atoms with Crippen LogP contribution in [0.1, 0.15) is 68.6 Å². The summed E-state index contributed by atoms with van der Waals surface area (Å²) in [5, 5.41) is 9.19. The monoisotopic (exact) mass is 717 g/mol. The molecule has 2 aliphatic heterocycles. The number of nitrogens with zero attached hydrogens (tertiary/aromatic N) is 3. The predicted molar refractivity (Wildman–Crippen MR) is 198 cm³/mol. The van der Waals surface area contributed by atoms with Gasteiger partial charge in [-0.2, -0.15) is 0 Å². The van der Waals surface area contributed by atoms with Crippen molar-refractivity contribution in [1.82, 2.24) is 14.7 Å². The lowest BCUT2D eigenvalue weighted by molar-refractivity contribution is -0.165. The molecule has 3 amide bonds.